The zero-order valence-electron chi connectivity index (χ0n) is 15.0. The Bertz CT molecular complexity index is 1120. The van der Waals surface area contributed by atoms with Crippen molar-refractivity contribution in [2.45, 2.75) is 6.42 Å². The number of aromatic amines is 1. The number of benzene rings is 2. The number of methoxy groups -OCH3 is 1. The summed E-state index contributed by atoms with van der Waals surface area (Å²) in [6, 6.07) is 12.7. The minimum atomic E-state index is -1.26. The van der Waals surface area contributed by atoms with E-state index < -0.39 is 35.3 Å². The summed E-state index contributed by atoms with van der Waals surface area (Å²) in [5.74, 6) is -1.97. The predicted octanol–water partition coefficient (Wildman–Crippen LogP) is 1.65. The van der Waals surface area contributed by atoms with E-state index in [1.807, 2.05) is 24.3 Å². The maximum absolute atomic E-state index is 12.3. The number of aromatic nitrogens is 1. The Labute approximate surface area is 159 Å². The van der Waals surface area contributed by atoms with E-state index in [0.29, 0.717) is 11.9 Å². The summed E-state index contributed by atoms with van der Waals surface area (Å²) in [5.41, 5.74) is 0.951. The number of rotatable bonds is 6. The molecule has 28 heavy (non-hydrogen) atoms. The molecule has 0 aliphatic carbocycles. The summed E-state index contributed by atoms with van der Waals surface area (Å²) in [5, 5.41) is 21.4. The molecule has 4 N–H and O–H groups in total. The highest BCUT2D eigenvalue weighted by atomic mass is 16.5. The van der Waals surface area contributed by atoms with Gasteiger partial charge in [0.2, 0.25) is 0 Å². The summed E-state index contributed by atoms with van der Waals surface area (Å²) in [4.78, 5) is 37.4. The van der Waals surface area contributed by atoms with Crippen LogP contribution in [0.2, 0.25) is 0 Å². The number of carboxylic acid groups (broad SMARTS) is 1. The Morgan fingerprint density at radius 3 is 2.61 bits per heavy atom. The van der Waals surface area contributed by atoms with Crippen molar-refractivity contribution in [1.82, 2.24) is 10.3 Å². The van der Waals surface area contributed by atoms with Gasteiger partial charge in [-0.3, -0.25) is 14.4 Å². The number of fused-ring (bicyclic) bond motifs is 1. The molecule has 0 atom stereocenters. The number of aliphatic carboxylic acids is 1. The number of aromatic hydroxyl groups is 1. The lowest BCUT2D eigenvalue weighted by atomic mass is 10.0. The van der Waals surface area contributed by atoms with Crippen molar-refractivity contribution >= 4 is 22.8 Å². The van der Waals surface area contributed by atoms with Crippen molar-refractivity contribution in [3.8, 4) is 11.5 Å². The third kappa shape index (κ3) is 3.96. The molecule has 1 amide bonds. The molecule has 1 heterocycles. The Balaban J connectivity index is 1.95. The minimum Gasteiger partial charge on any atom is -0.506 e. The largest absolute Gasteiger partial charge is 0.506 e. The molecule has 8 nitrogen and oxygen atoms in total. The van der Waals surface area contributed by atoms with Gasteiger partial charge in [-0.1, -0.05) is 18.2 Å². The van der Waals surface area contributed by atoms with Crippen molar-refractivity contribution in [3.63, 3.8) is 0 Å². The number of H-pyrrole nitrogens is 1. The Morgan fingerprint density at radius 1 is 1.14 bits per heavy atom. The van der Waals surface area contributed by atoms with E-state index in [9.17, 15) is 19.5 Å². The molecular formula is C20H18N2O6. The topological polar surface area (TPSA) is 129 Å². The number of carbonyl (C=O) groups is 2. The molecule has 0 radical (unpaired) electrons. The van der Waals surface area contributed by atoms with Crippen LogP contribution in [0.25, 0.3) is 10.9 Å². The van der Waals surface area contributed by atoms with Crippen molar-refractivity contribution in [2.75, 3.05) is 13.7 Å². The molecule has 0 fully saturated rings. The SMILES string of the molecule is COc1cccc(Cc2ccc3c(O)c(C(=O)NCC(=O)O)c(=O)[nH]c3c2)c1. The first-order chi connectivity index (χ1) is 13.4. The Hall–Kier alpha value is -3.81. The normalized spacial score (nSPS) is 10.6. The first-order valence-electron chi connectivity index (χ1n) is 8.40. The lowest BCUT2D eigenvalue weighted by Crippen LogP contribution is -2.33. The third-order valence-electron chi connectivity index (χ3n) is 4.22. The molecule has 8 heteroatoms. The molecule has 0 unspecified atom stereocenters. The molecule has 1 aromatic heterocycles. The van der Waals surface area contributed by atoms with Gasteiger partial charge in [0.25, 0.3) is 11.5 Å². The summed E-state index contributed by atoms with van der Waals surface area (Å²) in [6.45, 7) is -0.658. The zero-order chi connectivity index (χ0) is 20.3. The second kappa shape index (κ2) is 7.83. The second-order valence-electron chi connectivity index (χ2n) is 6.16. The van der Waals surface area contributed by atoms with Gasteiger partial charge in [-0.25, -0.2) is 0 Å². The van der Waals surface area contributed by atoms with E-state index in [4.69, 9.17) is 9.84 Å². The van der Waals surface area contributed by atoms with Gasteiger partial charge < -0.3 is 25.3 Å². The van der Waals surface area contributed by atoms with Gasteiger partial charge in [-0.2, -0.15) is 0 Å². The summed E-state index contributed by atoms with van der Waals surface area (Å²) < 4.78 is 5.21. The van der Waals surface area contributed by atoms with Gasteiger partial charge in [0, 0.05) is 5.39 Å². The fraction of sp³-hybridized carbons (Fsp3) is 0.150. The van der Waals surface area contributed by atoms with Gasteiger partial charge in [-0.15, -0.1) is 0 Å². The number of hydrogen-bond acceptors (Lipinski definition) is 5. The van der Waals surface area contributed by atoms with Crippen molar-refractivity contribution < 1.29 is 24.5 Å². The molecule has 3 aromatic rings. The number of hydrogen-bond donors (Lipinski definition) is 4. The van der Waals surface area contributed by atoms with Crippen LogP contribution >= 0.6 is 0 Å². The summed E-state index contributed by atoms with van der Waals surface area (Å²) >= 11 is 0. The van der Waals surface area contributed by atoms with Crippen LogP contribution in [-0.2, 0) is 11.2 Å². The number of pyridine rings is 1. The van der Waals surface area contributed by atoms with Crippen LogP contribution in [0.4, 0.5) is 0 Å². The first kappa shape index (κ1) is 19.0. The van der Waals surface area contributed by atoms with Crippen LogP contribution < -0.4 is 15.6 Å². The van der Waals surface area contributed by atoms with Crippen molar-refractivity contribution in [1.29, 1.82) is 0 Å². The first-order valence-corrected chi connectivity index (χ1v) is 8.40. The van der Waals surface area contributed by atoms with E-state index >= 15 is 0 Å². The minimum absolute atomic E-state index is 0.287. The second-order valence-corrected chi connectivity index (χ2v) is 6.16. The molecule has 0 saturated carbocycles. The molecule has 0 aliphatic heterocycles. The fourth-order valence-electron chi connectivity index (χ4n) is 2.91. The molecule has 0 saturated heterocycles. The van der Waals surface area contributed by atoms with Crippen molar-refractivity contribution in [2.24, 2.45) is 0 Å². The van der Waals surface area contributed by atoms with Gasteiger partial charge in [0.1, 0.15) is 23.6 Å². The van der Waals surface area contributed by atoms with Crippen LogP contribution in [0, 0.1) is 0 Å². The van der Waals surface area contributed by atoms with Gasteiger partial charge in [0.15, 0.2) is 0 Å². The summed E-state index contributed by atoms with van der Waals surface area (Å²) in [7, 11) is 1.59. The van der Waals surface area contributed by atoms with Crippen LogP contribution in [0.5, 0.6) is 11.5 Å². The van der Waals surface area contributed by atoms with E-state index in [2.05, 4.69) is 10.3 Å². The molecule has 2 aromatic carbocycles. The standard InChI is InChI=1S/C20H18N2O6/c1-28-13-4-2-3-11(8-13)7-12-5-6-14-15(9-12)22-20(27)17(18(14)25)19(26)21-10-16(23)24/h2-6,8-9H,7,10H2,1H3,(H,21,26)(H,23,24)(H2,22,25,27). The molecule has 0 aliphatic rings. The number of amides is 1. The fourth-order valence-corrected chi connectivity index (χ4v) is 2.91. The third-order valence-corrected chi connectivity index (χ3v) is 4.22. The highest BCUT2D eigenvalue weighted by Crippen LogP contribution is 2.26. The Kier molecular flexibility index (Phi) is 5.30. The van der Waals surface area contributed by atoms with Crippen LogP contribution in [0.1, 0.15) is 21.5 Å². The predicted molar refractivity (Wildman–Crippen MR) is 102 cm³/mol. The number of carbonyl (C=O) groups excluding carboxylic acids is 1. The number of nitrogens with one attached hydrogen (secondary N) is 2. The van der Waals surface area contributed by atoms with Crippen LogP contribution in [-0.4, -0.2) is 40.7 Å². The highest BCUT2D eigenvalue weighted by molar-refractivity contribution is 6.02. The summed E-state index contributed by atoms with van der Waals surface area (Å²) in [6.07, 6.45) is 0.580. The van der Waals surface area contributed by atoms with Gasteiger partial charge in [0.05, 0.1) is 12.6 Å². The maximum atomic E-state index is 12.3. The Morgan fingerprint density at radius 2 is 1.89 bits per heavy atom. The molecule has 0 spiro atoms. The van der Waals surface area contributed by atoms with Crippen molar-refractivity contribution in [3.05, 3.63) is 69.5 Å². The average Bonchev–Trinajstić information content (AvgIpc) is 2.66. The monoisotopic (exact) mass is 382 g/mol. The van der Waals surface area contributed by atoms with Gasteiger partial charge >= 0.3 is 5.97 Å². The molecular weight excluding hydrogens is 364 g/mol. The smallest absolute Gasteiger partial charge is 0.322 e. The van der Waals surface area contributed by atoms with Gasteiger partial charge in [-0.05, 0) is 41.8 Å². The lowest BCUT2D eigenvalue weighted by molar-refractivity contribution is -0.135. The molecule has 3 rings (SSSR count). The molecule has 0 bridgehead atoms. The van der Waals surface area contributed by atoms with Crippen LogP contribution in [0.15, 0.2) is 47.3 Å². The number of ether oxygens (including phenoxy) is 1. The highest BCUT2D eigenvalue weighted by Gasteiger charge is 2.19. The molecule has 144 valence electrons. The number of carboxylic acids is 1. The van der Waals surface area contributed by atoms with Crippen LogP contribution in [0.3, 0.4) is 0 Å². The quantitative estimate of drug-likeness (QED) is 0.513. The maximum Gasteiger partial charge on any atom is 0.322 e. The average molecular weight is 382 g/mol. The van der Waals surface area contributed by atoms with E-state index in [1.165, 1.54) is 0 Å². The lowest BCUT2D eigenvalue weighted by Gasteiger charge is -2.09. The van der Waals surface area contributed by atoms with E-state index in [-0.39, 0.29) is 5.39 Å². The van der Waals surface area contributed by atoms with E-state index in [1.54, 1.807) is 25.3 Å². The van der Waals surface area contributed by atoms with E-state index in [0.717, 1.165) is 16.9 Å². The zero-order valence-corrected chi connectivity index (χ0v) is 15.0.